The molecule has 0 saturated heterocycles. The fourth-order valence-corrected chi connectivity index (χ4v) is 1.34. The van der Waals surface area contributed by atoms with Crippen molar-refractivity contribution < 1.29 is 13.2 Å². The third-order valence-electron chi connectivity index (χ3n) is 2.00. The van der Waals surface area contributed by atoms with Crippen molar-refractivity contribution in [3.63, 3.8) is 0 Å². The highest BCUT2D eigenvalue weighted by molar-refractivity contribution is 5.36. The maximum absolute atomic E-state index is 12.5. The summed E-state index contributed by atoms with van der Waals surface area (Å²) in [6, 6.07) is 0. The number of rotatable bonds is 1. The average Bonchev–Trinajstić information content (AvgIpc) is 2.59. The second-order valence-electron chi connectivity index (χ2n) is 2.97. The first-order valence-corrected chi connectivity index (χ1v) is 4.29. The van der Waals surface area contributed by atoms with Crippen molar-refractivity contribution in [3.8, 4) is 0 Å². The van der Waals surface area contributed by atoms with Crippen molar-refractivity contribution in [2.45, 2.75) is 19.5 Å². The molecule has 0 saturated carbocycles. The van der Waals surface area contributed by atoms with Crippen molar-refractivity contribution in [1.29, 1.82) is 0 Å². The maximum Gasteiger partial charge on any atom is 0.452 e. The van der Waals surface area contributed by atoms with E-state index in [1.807, 2.05) is 0 Å². The summed E-state index contributed by atoms with van der Waals surface area (Å²) in [4.78, 5) is 3.79. The lowest BCUT2D eigenvalue weighted by molar-refractivity contribution is -0.145. The average molecular weight is 216 g/mol. The number of nitrogens with zero attached hydrogens (tertiary/aromatic N) is 4. The van der Waals surface area contributed by atoms with Crippen LogP contribution in [0.2, 0.25) is 0 Å². The van der Waals surface area contributed by atoms with Gasteiger partial charge in [-0.2, -0.15) is 13.2 Å². The topological polar surface area (TPSA) is 43.1 Å². The number of hydrogen-bond donors (Lipinski definition) is 0. The Morgan fingerprint density at radius 1 is 1.27 bits per heavy atom. The van der Waals surface area contributed by atoms with Gasteiger partial charge in [0.05, 0.1) is 6.20 Å². The highest BCUT2D eigenvalue weighted by atomic mass is 19.4. The van der Waals surface area contributed by atoms with Gasteiger partial charge in [0.1, 0.15) is 0 Å². The van der Waals surface area contributed by atoms with Gasteiger partial charge in [0, 0.05) is 11.9 Å². The summed E-state index contributed by atoms with van der Waals surface area (Å²) < 4.78 is 38.6. The van der Waals surface area contributed by atoms with Gasteiger partial charge >= 0.3 is 6.18 Å². The Labute approximate surface area is 82.8 Å². The van der Waals surface area contributed by atoms with Gasteiger partial charge in [-0.3, -0.25) is 9.38 Å². The Bertz CT molecular complexity index is 488. The fourth-order valence-electron chi connectivity index (χ4n) is 1.34. The van der Waals surface area contributed by atoms with E-state index >= 15 is 0 Å². The molecule has 80 valence electrons. The van der Waals surface area contributed by atoms with Crippen LogP contribution in [0.25, 0.3) is 5.65 Å². The van der Waals surface area contributed by atoms with Crippen molar-refractivity contribution in [2.24, 2.45) is 0 Å². The number of aryl methyl sites for hydroxylation is 1. The molecule has 0 N–H and O–H groups in total. The van der Waals surface area contributed by atoms with Gasteiger partial charge in [-0.1, -0.05) is 6.92 Å². The fraction of sp³-hybridized carbons (Fsp3) is 0.375. The molecule has 2 heterocycles. The molecule has 0 fully saturated rings. The molecule has 0 amide bonds. The van der Waals surface area contributed by atoms with Gasteiger partial charge in [-0.05, 0) is 6.42 Å². The Hall–Kier alpha value is -1.66. The van der Waals surface area contributed by atoms with Gasteiger partial charge in [0.2, 0.25) is 5.82 Å². The molecule has 4 nitrogen and oxygen atoms in total. The first kappa shape index (κ1) is 9.88. The molecule has 15 heavy (non-hydrogen) atoms. The number of aromatic nitrogens is 4. The van der Waals surface area contributed by atoms with Crippen LogP contribution < -0.4 is 0 Å². The lowest BCUT2D eigenvalue weighted by Gasteiger charge is -2.06. The van der Waals surface area contributed by atoms with Crippen LogP contribution in [-0.4, -0.2) is 19.6 Å². The monoisotopic (exact) mass is 216 g/mol. The van der Waals surface area contributed by atoms with E-state index in [2.05, 4.69) is 15.2 Å². The smallest absolute Gasteiger partial charge is 0.273 e. The van der Waals surface area contributed by atoms with Gasteiger partial charge in [0.15, 0.2) is 5.65 Å². The van der Waals surface area contributed by atoms with Crippen LogP contribution in [-0.2, 0) is 12.6 Å². The van der Waals surface area contributed by atoms with E-state index in [1.54, 1.807) is 6.92 Å². The Balaban J connectivity index is 2.77. The van der Waals surface area contributed by atoms with Crippen LogP contribution in [0, 0.1) is 0 Å². The van der Waals surface area contributed by atoms with Crippen molar-refractivity contribution in [3.05, 3.63) is 23.9 Å². The molecule has 0 aliphatic heterocycles. The minimum atomic E-state index is -4.50. The van der Waals surface area contributed by atoms with E-state index in [0.717, 1.165) is 4.40 Å². The molecule has 0 bridgehead atoms. The SMILES string of the molecule is CCc1cncc2nnc(C(F)(F)F)n12. The molecule has 0 spiro atoms. The van der Waals surface area contributed by atoms with Crippen LogP contribution >= 0.6 is 0 Å². The molecule has 0 aliphatic carbocycles. The summed E-state index contributed by atoms with van der Waals surface area (Å²) in [7, 11) is 0. The van der Waals surface area contributed by atoms with E-state index in [9.17, 15) is 13.2 Å². The number of halogens is 3. The molecule has 0 aliphatic rings. The van der Waals surface area contributed by atoms with Crippen LogP contribution in [0.15, 0.2) is 12.4 Å². The Kier molecular flexibility index (Phi) is 2.09. The molecule has 0 atom stereocenters. The summed E-state index contributed by atoms with van der Waals surface area (Å²) in [6.45, 7) is 1.75. The molecule has 2 aromatic heterocycles. The second-order valence-corrected chi connectivity index (χ2v) is 2.97. The Morgan fingerprint density at radius 3 is 2.60 bits per heavy atom. The molecule has 0 radical (unpaired) electrons. The number of hydrogen-bond acceptors (Lipinski definition) is 3. The maximum atomic E-state index is 12.5. The lowest BCUT2D eigenvalue weighted by Crippen LogP contribution is -2.13. The molecule has 2 rings (SSSR count). The van der Waals surface area contributed by atoms with Crippen molar-refractivity contribution in [2.75, 3.05) is 0 Å². The van der Waals surface area contributed by atoms with Crippen LogP contribution in [0.4, 0.5) is 13.2 Å². The van der Waals surface area contributed by atoms with Gasteiger partial charge in [-0.25, -0.2) is 0 Å². The number of fused-ring (bicyclic) bond motifs is 1. The highest BCUT2D eigenvalue weighted by Gasteiger charge is 2.37. The standard InChI is InChI=1S/C8H7F3N4/c1-2-5-3-12-4-6-13-14-7(15(5)6)8(9,10)11/h3-4H,2H2,1H3. The first-order valence-electron chi connectivity index (χ1n) is 4.29. The quantitative estimate of drug-likeness (QED) is 0.728. The summed E-state index contributed by atoms with van der Waals surface area (Å²) >= 11 is 0. The molecular weight excluding hydrogens is 209 g/mol. The van der Waals surface area contributed by atoms with E-state index in [1.165, 1.54) is 12.4 Å². The third kappa shape index (κ3) is 1.53. The predicted molar refractivity (Wildman–Crippen MR) is 45.2 cm³/mol. The second kappa shape index (κ2) is 3.18. The Morgan fingerprint density at radius 2 is 2.00 bits per heavy atom. The summed E-state index contributed by atoms with van der Waals surface area (Å²) in [5.74, 6) is -1.00. The number of alkyl halides is 3. The van der Waals surface area contributed by atoms with Crippen LogP contribution in [0.1, 0.15) is 18.4 Å². The molecule has 7 heteroatoms. The van der Waals surface area contributed by atoms with E-state index < -0.39 is 12.0 Å². The van der Waals surface area contributed by atoms with Crippen LogP contribution in [0.5, 0.6) is 0 Å². The molecule has 0 unspecified atom stereocenters. The third-order valence-corrected chi connectivity index (χ3v) is 2.00. The summed E-state index contributed by atoms with van der Waals surface area (Å²) in [5, 5.41) is 6.55. The lowest BCUT2D eigenvalue weighted by atomic mass is 10.3. The van der Waals surface area contributed by atoms with Gasteiger partial charge < -0.3 is 0 Å². The zero-order valence-electron chi connectivity index (χ0n) is 7.78. The van der Waals surface area contributed by atoms with Crippen LogP contribution in [0.3, 0.4) is 0 Å². The van der Waals surface area contributed by atoms with Gasteiger partial charge in [-0.15, -0.1) is 10.2 Å². The van der Waals surface area contributed by atoms with E-state index in [-0.39, 0.29) is 5.65 Å². The van der Waals surface area contributed by atoms with Gasteiger partial charge in [0.25, 0.3) is 0 Å². The normalized spacial score (nSPS) is 12.3. The molecular formula is C8H7F3N4. The minimum Gasteiger partial charge on any atom is -0.273 e. The predicted octanol–water partition coefficient (Wildman–Crippen LogP) is 1.71. The highest BCUT2D eigenvalue weighted by Crippen LogP contribution is 2.28. The molecule has 0 aromatic carbocycles. The minimum absolute atomic E-state index is 0.113. The zero-order chi connectivity index (χ0) is 11.1. The summed E-state index contributed by atoms with van der Waals surface area (Å²) in [5.41, 5.74) is 0.548. The summed E-state index contributed by atoms with van der Waals surface area (Å²) in [6.07, 6.45) is -1.43. The van der Waals surface area contributed by atoms with E-state index in [4.69, 9.17) is 0 Å². The zero-order valence-corrected chi connectivity index (χ0v) is 7.78. The van der Waals surface area contributed by atoms with E-state index in [0.29, 0.717) is 12.1 Å². The van der Waals surface area contributed by atoms with Crippen molar-refractivity contribution in [1.82, 2.24) is 19.6 Å². The van der Waals surface area contributed by atoms with Crippen molar-refractivity contribution >= 4 is 5.65 Å². The first-order chi connectivity index (χ1) is 7.04. The molecule has 2 aromatic rings. The largest absolute Gasteiger partial charge is 0.452 e.